The van der Waals surface area contributed by atoms with Crippen molar-refractivity contribution in [3.8, 4) is 11.5 Å². The molecule has 6 heteroatoms. The van der Waals surface area contributed by atoms with Gasteiger partial charge < -0.3 is 24.6 Å². The number of aryl methyl sites for hydroxylation is 1. The molecule has 0 radical (unpaired) electrons. The summed E-state index contributed by atoms with van der Waals surface area (Å²) in [5.41, 5.74) is 3.71. The maximum absolute atomic E-state index is 12.7. The molecular weight excluding hydrogens is 378 g/mol. The standard InChI is InChI=1S/C24H33N3O3/c1-18-7-5-6-8-20(18)16-26-11-13-27(14-12-26)17-24(28)25-19(2)22-15-21(29-3)9-10-23(22)30-4/h5-10,15,19H,11-14,16-17H2,1-4H3,(H,25,28)/p+2/t19-/m0/s1. The molecule has 6 nitrogen and oxygen atoms in total. The van der Waals surface area contributed by atoms with Crippen molar-refractivity contribution in [1.82, 2.24) is 5.32 Å². The van der Waals surface area contributed by atoms with Crippen molar-refractivity contribution in [2.75, 3.05) is 46.9 Å². The molecule has 1 amide bonds. The van der Waals surface area contributed by atoms with Crippen molar-refractivity contribution >= 4 is 5.91 Å². The first kappa shape index (κ1) is 22.1. The quantitative estimate of drug-likeness (QED) is 0.579. The Morgan fingerprint density at radius 2 is 1.73 bits per heavy atom. The van der Waals surface area contributed by atoms with E-state index >= 15 is 0 Å². The molecule has 0 spiro atoms. The molecule has 1 saturated heterocycles. The van der Waals surface area contributed by atoms with Gasteiger partial charge in [-0.3, -0.25) is 4.79 Å². The monoisotopic (exact) mass is 413 g/mol. The number of carbonyl (C=O) groups excluding carboxylic acids is 1. The largest absolute Gasteiger partial charge is 0.497 e. The van der Waals surface area contributed by atoms with E-state index in [0.717, 1.165) is 49.8 Å². The fraction of sp³-hybridized carbons (Fsp3) is 0.458. The van der Waals surface area contributed by atoms with Crippen molar-refractivity contribution in [3.63, 3.8) is 0 Å². The number of nitrogens with one attached hydrogen (secondary N) is 3. The van der Waals surface area contributed by atoms with Crippen molar-refractivity contribution in [3.05, 3.63) is 59.2 Å². The number of piperazine rings is 1. The van der Waals surface area contributed by atoms with E-state index in [-0.39, 0.29) is 11.9 Å². The smallest absolute Gasteiger partial charge is 0.275 e. The lowest BCUT2D eigenvalue weighted by Crippen LogP contribution is -3.28. The maximum atomic E-state index is 12.7. The van der Waals surface area contributed by atoms with Gasteiger partial charge in [-0.15, -0.1) is 0 Å². The van der Waals surface area contributed by atoms with Crippen LogP contribution in [0.25, 0.3) is 0 Å². The Bertz CT molecular complexity index is 847. The number of carbonyl (C=O) groups is 1. The summed E-state index contributed by atoms with van der Waals surface area (Å²) < 4.78 is 10.8. The molecule has 0 bridgehead atoms. The van der Waals surface area contributed by atoms with E-state index in [1.165, 1.54) is 16.0 Å². The van der Waals surface area contributed by atoms with Gasteiger partial charge >= 0.3 is 0 Å². The van der Waals surface area contributed by atoms with Gasteiger partial charge in [0.05, 0.1) is 20.3 Å². The second kappa shape index (κ2) is 10.5. The lowest BCUT2D eigenvalue weighted by Gasteiger charge is -2.30. The molecule has 0 unspecified atom stereocenters. The number of ether oxygens (including phenoxy) is 2. The molecule has 1 aliphatic rings. The third kappa shape index (κ3) is 5.74. The van der Waals surface area contributed by atoms with Crippen LogP contribution in [-0.2, 0) is 11.3 Å². The number of hydrogen-bond acceptors (Lipinski definition) is 3. The van der Waals surface area contributed by atoms with E-state index in [2.05, 4.69) is 36.5 Å². The summed E-state index contributed by atoms with van der Waals surface area (Å²) in [6, 6.07) is 14.1. The number of methoxy groups -OCH3 is 2. The van der Waals surface area contributed by atoms with Crippen LogP contribution in [0.5, 0.6) is 11.5 Å². The van der Waals surface area contributed by atoms with Crippen molar-refractivity contribution in [2.24, 2.45) is 0 Å². The third-order valence-electron chi connectivity index (χ3n) is 6.06. The van der Waals surface area contributed by atoms with Gasteiger partial charge in [-0.2, -0.15) is 0 Å². The van der Waals surface area contributed by atoms with E-state index in [9.17, 15) is 4.79 Å². The number of rotatable bonds is 8. The van der Waals surface area contributed by atoms with Crippen LogP contribution in [-0.4, -0.2) is 52.9 Å². The highest BCUT2D eigenvalue weighted by Gasteiger charge is 2.26. The first-order valence-electron chi connectivity index (χ1n) is 10.7. The Morgan fingerprint density at radius 1 is 1.03 bits per heavy atom. The lowest BCUT2D eigenvalue weighted by atomic mass is 10.1. The van der Waals surface area contributed by atoms with Crippen molar-refractivity contribution < 1.29 is 24.1 Å². The molecule has 30 heavy (non-hydrogen) atoms. The molecular formula is C24H35N3O3+2. The summed E-state index contributed by atoms with van der Waals surface area (Å²) in [7, 11) is 3.28. The van der Waals surface area contributed by atoms with Gasteiger partial charge in [0.15, 0.2) is 6.54 Å². The number of quaternary nitrogens is 2. The Balaban J connectivity index is 1.49. The van der Waals surface area contributed by atoms with E-state index < -0.39 is 0 Å². The van der Waals surface area contributed by atoms with Crippen LogP contribution in [0.15, 0.2) is 42.5 Å². The Hall–Kier alpha value is -2.57. The number of benzene rings is 2. The minimum atomic E-state index is -0.144. The van der Waals surface area contributed by atoms with Crippen LogP contribution in [0.1, 0.15) is 29.7 Å². The number of hydrogen-bond donors (Lipinski definition) is 3. The van der Waals surface area contributed by atoms with Crippen LogP contribution in [0.2, 0.25) is 0 Å². The molecule has 162 valence electrons. The summed E-state index contributed by atoms with van der Waals surface area (Å²) in [6.07, 6.45) is 0. The summed E-state index contributed by atoms with van der Waals surface area (Å²) in [6.45, 7) is 9.96. The van der Waals surface area contributed by atoms with Crippen LogP contribution in [0, 0.1) is 6.92 Å². The predicted octanol–water partition coefficient (Wildman–Crippen LogP) is 0.173. The van der Waals surface area contributed by atoms with Crippen LogP contribution < -0.4 is 24.6 Å². The molecule has 2 aromatic rings. The summed E-state index contributed by atoms with van der Waals surface area (Å²) in [5, 5.41) is 3.13. The average Bonchev–Trinajstić information content (AvgIpc) is 2.76. The minimum absolute atomic E-state index is 0.0738. The molecule has 3 rings (SSSR count). The van der Waals surface area contributed by atoms with Crippen molar-refractivity contribution in [2.45, 2.75) is 26.4 Å². The molecule has 2 aromatic carbocycles. The Labute approximate surface area is 179 Å². The van der Waals surface area contributed by atoms with E-state index in [1.807, 2.05) is 25.1 Å². The average molecular weight is 414 g/mol. The first-order valence-corrected chi connectivity index (χ1v) is 10.7. The van der Waals surface area contributed by atoms with Gasteiger partial charge in [-0.05, 0) is 37.6 Å². The summed E-state index contributed by atoms with van der Waals surface area (Å²) >= 11 is 0. The van der Waals surface area contributed by atoms with Gasteiger partial charge in [-0.1, -0.05) is 24.3 Å². The molecule has 0 aliphatic carbocycles. The van der Waals surface area contributed by atoms with Crippen LogP contribution in [0.4, 0.5) is 0 Å². The van der Waals surface area contributed by atoms with Gasteiger partial charge in [0.1, 0.15) is 44.2 Å². The van der Waals surface area contributed by atoms with Crippen LogP contribution >= 0.6 is 0 Å². The maximum Gasteiger partial charge on any atom is 0.275 e. The second-order valence-corrected chi connectivity index (χ2v) is 8.18. The predicted molar refractivity (Wildman–Crippen MR) is 117 cm³/mol. The lowest BCUT2D eigenvalue weighted by molar-refractivity contribution is -1.02. The third-order valence-corrected chi connectivity index (χ3v) is 6.06. The van der Waals surface area contributed by atoms with E-state index in [1.54, 1.807) is 19.1 Å². The van der Waals surface area contributed by atoms with Gasteiger partial charge in [0.25, 0.3) is 5.91 Å². The Morgan fingerprint density at radius 3 is 2.40 bits per heavy atom. The molecule has 0 saturated carbocycles. The highest BCUT2D eigenvalue weighted by molar-refractivity contribution is 5.77. The van der Waals surface area contributed by atoms with Gasteiger partial charge in [0.2, 0.25) is 0 Å². The molecule has 1 atom stereocenters. The zero-order valence-electron chi connectivity index (χ0n) is 18.6. The molecule has 0 aromatic heterocycles. The van der Waals surface area contributed by atoms with Crippen LogP contribution in [0.3, 0.4) is 0 Å². The fourth-order valence-electron chi connectivity index (χ4n) is 4.16. The summed E-state index contributed by atoms with van der Waals surface area (Å²) in [5.74, 6) is 1.58. The SMILES string of the molecule is COc1ccc(OC)c([C@H](C)NC(=O)C[NH+]2CC[NH+](Cc3ccccc3C)CC2)c1. The second-order valence-electron chi connectivity index (χ2n) is 8.18. The topological polar surface area (TPSA) is 56.4 Å². The normalized spacial score (nSPS) is 19.7. The molecule has 3 N–H and O–H groups in total. The van der Waals surface area contributed by atoms with Gasteiger partial charge in [-0.25, -0.2) is 0 Å². The number of amides is 1. The summed E-state index contributed by atoms with van der Waals surface area (Å²) in [4.78, 5) is 15.6. The zero-order chi connectivity index (χ0) is 21.5. The van der Waals surface area contributed by atoms with E-state index in [4.69, 9.17) is 9.47 Å². The Kier molecular flexibility index (Phi) is 7.71. The highest BCUT2D eigenvalue weighted by Crippen LogP contribution is 2.29. The zero-order valence-corrected chi connectivity index (χ0v) is 18.6. The highest BCUT2D eigenvalue weighted by atomic mass is 16.5. The minimum Gasteiger partial charge on any atom is -0.497 e. The first-order chi connectivity index (χ1) is 14.5. The molecule has 1 aliphatic heterocycles. The fourth-order valence-corrected chi connectivity index (χ4v) is 4.16. The van der Waals surface area contributed by atoms with E-state index in [0.29, 0.717) is 6.54 Å². The molecule has 1 heterocycles. The van der Waals surface area contributed by atoms with Gasteiger partial charge in [0, 0.05) is 11.1 Å². The van der Waals surface area contributed by atoms with Crippen molar-refractivity contribution in [1.29, 1.82) is 0 Å². The molecule has 1 fully saturated rings.